The molecule has 0 atom stereocenters. The lowest BCUT2D eigenvalue weighted by Crippen LogP contribution is -2.17. The molecule has 0 aliphatic carbocycles. The van der Waals surface area contributed by atoms with Crippen LogP contribution in [0.25, 0.3) is 5.69 Å². The Kier molecular flexibility index (Phi) is 6.65. The van der Waals surface area contributed by atoms with E-state index < -0.39 is 5.97 Å². The summed E-state index contributed by atoms with van der Waals surface area (Å²) in [5.74, 6) is 0.469. The van der Waals surface area contributed by atoms with Crippen LogP contribution in [0.2, 0.25) is 0 Å². The second-order valence-corrected chi connectivity index (χ2v) is 7.64. The summed E-state index contributed by atoms with van der Waals surface area (Å²) in [6.45, 7) is 4.64. The summed E-state index contributed by atoms with van der Waals surface area (Å²) in [4.78, 5) is 25.5. The molecule has 3 aromatic rings. The first-order valence-electron chi connectivity index (χ1n) is 10.7. The van der Waals surface area contributed by atoms with Gasteiger partial charge in [0.05, 0.1) is 12.2 Å². The van der Waals surface area contributed by atoms with E-state index in [0.717, 1.165) is 17.1 Å². The smallest absolute Gasteiger partial charge is 0.340 e. The minimum atomic E-state index is -0.606. The van der Waals surface area contributed by atoms with Gasteiger partial charge in [0.2, 0.25) is 5.78 Å². The van der Waals surface area contributed by atoms with Gasteiger partial charge in [-0.3, -0.25) is 4.79 Å². The van der Waals surface area contributed by atoms with Gasteiger partial charge in [-0.15, -0.1) is 0 Å². The van der Waals surface area contributed by atoms with Gasteiger partial charge in [-0.2, -0.15) is 0 Å². The highest BCUT2D eigenvalue weighted by atomic mass is 16.6. The van der Waals surface area contributed by atoms with Crippen LogP contribution in [0, 0.1) is 13.8 Å². The lowest BCUT2D eigenvalue weighted by atomic mass is 10.1. The number of esters is 1. The third-order valence-electron chi connectivity index (χ3n) is 5.42. The van der Waals surface area contributed by atoms with Gasteiger partial charge in [-0.1, -0.05) is 12.1 Å². The number of benzene rings is 2. The van der Waals surface area contributed by atoms with Crippen LogP contribution < -0.4 is 14.8 Å². The summed E-state index contributed by atoms with van der Waals surface area (Å²) in [6.07, 6.45) is 0. The van der Waals surface area contributed by atoms with E-state index in [2.05, 4.69) is 5.32 Å². The normalized spacial score (nSPS) is 12.3. The summed E-state index contributed by atoms with van der Waals surface area (Å²) < 4.78 is 18.5. The molecule has 0 unspecified atom stereocenters. The highest BCUT2D eigenvalue weighted by Crippen LogP contribution is 2.33. The quantitative estimate of drug-likeness (QED) is 0.401. The monoisotopic (exact) mass is 450 g/mol. The number of ketones is 1. The Bertz CT molecular complexity index is 1180. The molecule has 0 saturated heterocycles. The van der Waals surface area contributed by atoms with Gasteiger partial charge in [0.1, 0.15) is 13.2 Å². The molecule has 172 valence electrons. The first-order chi connectivity index (χ1) is 16.0. The second kappa shape index (κ2) is 9.79. The number of hydrogen-bond donors (Lipinski definition) is 2. The Labute approximate surface area is 191 Å². The van der Waals surface area contributed by atoms with Crippen molar-refractivity contribution in [3.05, 3.63) is 71.0 Å². The number of nitrogens with one attached hydrogen (secondary N) is 1. The van der Waals surface area contributed by atoms with Gasteiger partial charge >= 0.3 is 5.97 Å². The third-order valence-corrected chi connectivity index (χ3v) is 5.42. The number of nitrogens with zero attached hydrogens (tertiary/aromatic N) is 1. The van der Waals surface area contributed by atoms with E-state index in [0.29, 0.717) is 48.1 Å². The molecule has 33 heavy (non-hydrogen) atoms. The number of ether oxygens (including phenoxy) is 3. The topological polar surface area (TPSA) is 99.0 Å². The number of fused-ring (bicyclic) bond motifs is 1. The molecule has 1 aliphatic rings. The van der Waals surface area contributed by atoms with E-state index in [9.17, 15) is 9.59 Å². The zero-order valence-corrected chi connectivity index (χ0v) is 18.6. The van der Waals surface area contributed by atoms with Crippen LogP contribution in [0.3, 0.4) is 0 Å². The zero-order chi connectivity index (χ0) is 23.4. The summed E-state index contributed by atoms with van der Waals surface area (Å²) in [5, 5.41) is 12.0. The standard InChI is InChI=1S/C25H26N2O6/c1-16-13-20(17(2)27(16)18-7-8-23-24(14-18)32-12-11-31-23)22(29)15-33-25(30)19-5-3-4-6-21(19)26-9-10-28/h3-8,13-14,26,28H,9-12,15H2,1-2H3. The van der Waals surface area contributed by atoms with Crippen molar-refractivity contribution in [2.24, 2.45) is 0 Å². The average molecular weight is 450 g/mol. The molecule has 1 aliphatic heterocycles. The number of carbonyl (C=O) groups excluding carboxylic acids is 2. The van der Waals surface area contributed by atoms with Crippen LogP contribution in [0.4, 0.5) is 5.69 Å². The number of aromatic nitrogens is 1. The number of Topliss-reactive ketones (excluding diaryl/α,β-unsaturated/α-hetero) is 1. The van der Waals surface area contributed by atoms with Gasteiger partial charge in [0.15, 0.2) is 18.1 Å². The van der Waals surface area contributed by atoms with Crippen molar-refractivity contribution in [2.75, 3.05) is 38.3 Å². The molecule has 0 amide bonds. The Morgan fingerprint density at radius 3 is 2.58 bits per heavy atom. The molecular weight excluding hydrogens is 424 g/mol. The molecule has 0 bridgehead atoms. The summed E-state index contributed by atoms with van der Waals surface area (Å²) in [7, 11) is 0. The van der Waals surface area contributed by atoms with Gasteiger partial charge in [-0.05, 0) is 44.2 Å². The maximum absolute atomic E-state index is 12.9. The predicted molar refractivity (Wildman–Crippen MR) is 123 cm³/mol. The molecule has 2 N–H and O–H groups in total. The van der Waals surface area contributed by atoms with Crippen molar-refractivity contribution in [2.45, 2.75) is 13.8 Å². The fourth-order valence-electron chi connectivity index (χ4n) is 3.91. The van der Waals surface area contributed by atoms with Crippen LogP contribution >= 0.6 is 0 Å². The van der Waals surface area contributed by atoms with E-state index in [1.165, 1.54) is 0 Å². The molecule has 8 nitrogen and oxygen atoms in total. The molecule has 1 aromatic heterocycles. The number of aliphatic hydroxyl groups is 1. The largest absolute Gasteiger partial charge is 0.486 e. The van der Waals surface area contributed by atoms with E-state index >= 15 is 0 Å². The van der Waals surface area contributed by atoms with Gasteiger partial charge in [0.25, 0.3) is 0 Å². The number of anilines is 1. The van der Waals surface area contributed by atoms with E-state index in [4.69, 9.17) is 19.3 Å². The first kappa shape index (κ1) is 22.4. The van der Waals surface area contributed by atoms with Crippen LogP contribution in [-0.2, 0) is 4.74 Å². The third kappa shape index (κ3) is 4.70. The van der Waals surface area contributed by atoms with Crippen LogP contribution in [0.1, 0.15) is 32.1 Å². The van der Waals surface area contributed by atoms with Crippen molar-refractivity contribution in [1.82, 2.24) is 4.57 Å². The Hall–Kier alpha value is -3.78. The molecule has 0 fully saturated rings. The minimum absolute atomic E-state index is 0.0686. The van der Waals surface area contributed by atoms with Gasteiger partial charge < -0.3 is 29.2 Å². The Morgan fingerprint density at radius 1 is 1.03 bits per heavy atom. The molecule has 8 heteroatoms. The average Bonchev–Trinajstić information content (AvgIpc) is 3.14. The van der Waals surface area contributed by atoms with Crippen molar-refractivity contribution in [3.63, 3.8) is 0 Å². The van der Waals surface area contributed by atoms with Crippen LogP contribution in [0.5, 0.6) is 11.5 Å². The first-order valence-corrected chi connectivity index (χ1v) is 10.7. The Balaban J connectivity index is 1.50. The number of carbonyl (C=O) groups is 2. The minimum Gasteiger partial charge on any atom is -0.486 e. The molecule has 2 heterocycles. The molecule has 4 rings (SSSR count). The van der Waals surface area contributed by atoms with Gasteiger partial charge in [0, 0.05) is 40.9 Å². The highest BCUT2D eigenvalue weighted by Gasteiger charge is 2.21. The summed E-state index contributed by atoms with van der Waals surface area (Å²) in [5.41, 5.74) is 3.81. The molecule has 0 spiro atoms. The highest BCUT2D eigenvalue weighted by molar-refractivity contribution is 6.01. The lowest BCUT2D eigenvalue weighted by Gasteiger charge is -2.20. The lowest BCUT2D eigenvalue weighted by molar-refractivity contribution is 0.0475. The van der Waals surface area contributed by atoms with Crippen molar-refractivity contribution < 1.29 is 28.9 Å². The zero-order valence-electron chi connectivity index (χ0n) is 18.6. The van der Waals surface area contributed by atoms with E-state index in [1.54, 1.807) is 30.3 Å². The molecule has 0 saturated carbocycles. The van der Waals surface area contributed by atoms with Crippen molar-refractivity contribution in [3.8, 4) is 17.2 Å². The number of aliphatic hydroxyl groups excluding tert-OH is 1. The number of rotatable bonds is 8. The number of hydrogen-bond acceptors (Lipinski definition) is 7. The Morgan fingerprint density at radius 2 is 1.79 bits per heavy atom. The van der Waals surface area contributed by atoms with Crippen molar-refractivity contribution in [1.29, 1.82) is 0 Å². The second-order valence-electron chi connectivity index (χ2n) is 7.64. The van der Waals surface area contributed by atoms with Crippen LogP contribution in [0.15, 0.2) is 48.5 Å². The molecule has 0 radical (unpaired) electrons. The van der Waals surface area contributed by atoms with E-state index in [-0.39, 0.29) is 19.0 Å². The maximum Gasteiger partial charge on any atom is 0.340 e. The van der Waals surface area contributed by atoms with Crippen LogP contribution in [-0.4, -0.2) is 54.4 Å². The number of para-hydroxylation sites is 1. The SMILES string of the molecule is Cc1cc(C(=O)COC(=O)c2ccccc2NCCO)c(C)n1-c1ccc2c(c1)OCCO2. The van der Waals surface area contributed by atoms with E-state index in [1.807, 2.05) is 36.6 Å². The molecular formula is C25H26N2O6. The fraction of sp³-hybridized carbons (Fsp3) is 0.280. The fourth-order valence-corrected chi connectivity index (χ4v) is 3.91. The van der Waals surface area contributed by atoms with Crippen molar-refractivity contribution >= 4 is 17.4 Å². The maximum atomic E-state index is 12.9. The van der Waals surface area contributed by atoms with Gasteiger partial charge in [-0.25, -0.2) is 4.79 Å². The molecule has 2 aromatic carbocycles. The number of aryl methyl sites for hydroxylation is 1. The predicted octanol–water partition coefficient (Wildman–Crippen LogP) is 3.31. The summed E-state index contributed by atoms with van der Waals surface area (Å²) in [6, 6.07) is 14.3. The summed E-state index contributed by atoms with van der Waals surface area (Å²) >= 11 is 0.